The lowest BCUT2D eigenvalue weighted by molar-refractivity contribution is -0.384. The molecule has 7 nitrogen and oxygen atoms in total. The molecule has 0 spiro atoms. The van der Waals surface area contributed by atoms with Gasteiger partial charge in [-0.3, -0.25) is 10.1 Å². The van der Waals surface area contributed by atoms with E-state index in [1.165, 1.54) is 24.3 Å². The molecule has 0 N–H and O–H groups in total. The highest BCUT2D eigenvalue weighted by atomic mass is 16.6. The SMILES string of the molecule is C=CCOC(=O)c1cccc(-c2nc3ccc([N+](=O)[O-])cc3o2)c1. The lowest BCUT2D eigenvalue weighted by Gasteiger charge is -2.02. The molecule has 0 radical (unpaired) electrons. The van der Waals surface area contributed by atoms with Crippen molar-refractivity contribution < 1.29 is 18.9 Å². The third kappa shape index (κ3) is 3.00. The lowest BCUT2D eigenvalue weighted by atomic mass is 10.1. The Bertz CT molecular complexity index is 945. The zero-order valence-electron chi connectivity index (χ0n) is 12.5. The molecule has 3 aromatic rings. The molecule has 120 valence electrons. The number of nitrogens with zero attached hydrogens (tertiary/aromatic N) is 2. The van der Waals surface area contributed by atoms with E-state index in [0.29, 0.717) is 22.2 Å². The quantitative estimate of drug-likeness (QED) is 0.307. The molecule has 3 rings (SSSR count). The molecule has 0 aliphatic rings. The number of carbonyl (C=O) groups excluding carboxylic acids is 1. The summed E-state index contributed by atoms with van der Waals surface area (Å²) >= 11 is 0. The fraction of sp³-hybridized carbons (Fsp3) is 0.0588. The maximum absolute atomic E-state index is 11.9. The zero-order chi connectivity index (χ0) is 17.1. The van der Waals surface area contributed by atoms with E-state index in [1.54, 1.807) is 24.3 Å². The highest BCUT2D eigenvalue weighted by molar-refractivity contribution is 5.91. The lowest BCUT2D eigenvalue weighted by Crippen LogP contribution is -2.04. The number of non-ortho nitro benzene ring substituents is 1. The van der Waals surface area contributed by atoms with Crippen LogP contribution in [-0.2, 0) is 4.74 Å². The number of fused-ring (bicyclic) bond motifs is 1. The normalized spacial score (nSPS) is 10.5. The minimum atomic E-state index is -0.502. The van der Waals surface area contributed by atoms with E-state index in [4.69, 9.17) is 9.15 Å². The number of oxazole rings is 1. The largest absolute Gasteiger partial charge is 0.458 e. The van der Waals surface area contributed by atoms with Gasteiger partial charge in [0, 0.05) is 11.6 Å². The van der Waals surface area contributed by atoms with Crippen molar-refractivity contribution in [1.82, 2.24) is 4.98 Å². The number of hydrogen-bond acceptors (Lipinski definition) is 6. The molecule has 0 amide bonds. The maximum Gasteiger partial charge on any atom is 0.338 e. The molecule has 0 saturated carbocycles. The molecule has 1 heterocycles. The molecule has 0 bridgehead atoms. The van der Waals surface area contributed by atoms with E-state index in [9.17, 15) is 14.9 Å². The Balaban J connectivity index is 1.96. The zero-order valence-corrected chi connectivity index (χ0v) is 12.5. The van der Waals surface area contributed by atoms with Crippen molar-refractivity contribution in [2.75, 3.05) is 6.61 Å². The van der Waals surface area contributed by atoms with Gasteiger partial charge in [0.15, 0.2) is 5.58 Å². The smallest absolute Gasteiger partial charge is 0.338 e. The minimum absolute atomic E-state index is 0.0769. The number of esters is 1. The highest BCUT2D eigenvalue weighted by Gasteiger charge is 2.14. The first kappa shape index (κ1) is 15.4. The summed E-state index contributed by atoms with van der Waals surface area (Å²) in [6.07, 6.45) is 1.48. The van der Waals surface area contributed by atoms with Gasteiger partial charge >= 0.3 is 5.97 Å². The number of rotatable bonds is 5. The first-order chi connectivity index (χ1) is 11.6. The van der Waals surface area contributed by atoms with Crippen LogP contribution >= 0.6 is 0 Å². The highest BCUT2D eigenvalue weighted by Crippen LogP contribution is 2.27. The molecule has 0 atom stereocenters. The number of benzene rings is 2. The Labute approximate surface area is 136 Å². The van der Waals surface area contributed by atoms with Gasteiger partial charge in [0.25, 0.3) is 5.69 Å². The molecule has 0 aliphatic heterocycles. The first-order valence-corrected chi connectivity index (χ1v) is 7.02. The second-order valence-corrected chi connectivity index (χ2v) is 4.90. The third-order valence-electron chi connectivity index (χ3n) is 3.26. The summed E-state index contributed by atoms with van der Waals surface area (Å²) in [7, 11) is 0. The summed E-state index contributed by atoms with van der Waals surface area (Å²) in [4.78, 5) is 26.5. The van der Waals surface area contributed by atoms with Crippen LogP contribution in [-0.4, -0.2) is 22.5 Å². The van der Waals surface area contributed by atoms with Crippen molar-refractivity contribution in [3.8, 4) is 11.5 Å². The Hall–Kier alpha value is -3.48. The average Bonchev–Trinajstić information content (AvgIpc) is 3.03. The van der Waals surface area contributed by atoms with Crippen molar-refractivity contribution in [2.45, 2.75) is 0 Å². The van der Waals surface area contributed by atoms with Crippen molar-refractivity contribution >= 4 is 22.8 Å². The van der Waals surface area contributed by atoms with Gasteiger partial charge in [-0.2, -0.15) is 0 Å². The van der Waals surface area contributed by atoms with E-state index >= 15 is 0 Å². The summed E-state index contributed by atoms with van der Waals surface area (Å²) in [6, 6.07) is 10.8. The molecule has 7 heteroatoms. The van der Waals surface area contributed by atoms with E-state index in [1.807, 2.05) is 0 Å². The van der Waals surface area contributed by atoms with Crippen LogP contribution < -0.4 is 0 Å². The van der Waals surface area contributed by atoms with Crippen molar-refractivity contribution in [1.29, 1.82) is 0 Å². The molecular weight excluding hydrogens is 312 g/mol. The van der Waals surface area contributed by atoms with Gasteiger partial charge in [0.2, 0.25) is 5.89 Å². The molecule has 0 fully saturated rings. The number of hydrogen-bond donors (Lipinski definition) is 0. The van der Waals surface area contributed by atoms with E-state index < -0.39 is 10.9 Å². The predicted octanol–water partition coefficient (Wildman–Crippen LogP) is 3.75. The molecule has 1 aromatic heterocycles. The topological polar surface area (TPSA) is 95.5 Å². The van der Waals surface area contributed by atoms with E-state index in [2.05, 4.69) is 11.6 Å². The number of aromatic nitrogens is 1. The maximum atomic E-state index is 11.9. The summed E-state index contributed by atoms with van der Waals surface area (Å²) in [5.74, 6) is -0.215. The first-order valence-electron chi connectivity index (χ1n) is 7.02. The minimum Gasteiger partial charge on any atom is -0.458 e. The standard InChI is InChI=1S/C17H12N2O5/c1-2-8-23-17(20)12-5-3-4-11(9-12)16-18-14-7-6-13(19(21)22)10-15(14)24-16/h2-7,9-10H,1,8H2. The van der Waals surface area contributed by atoms with Gasteiger partial charge in [0.1, 0.15) is 12.1 Å². The third-order valence-corrected chi connectivity index (χ3v) is 3.26. The Kier molecular flexibility index (Phi) is 4.07. The van der Waals surface area contributed by atoms with Crippen LogP contribution in [0.15, 0.2) is 59.5 Å². The van der Waals surface area contributed by atoms with Gasteiger partial charge in [-0.15, -0.1) is 0 Å². The molecule has 24 heavy (non-hydrogen) atoms. The number of nitro benzene ring substituents is 1. The van der Waals surface area contributed by atoms with Crippen molar-refractivity contribution in [2.24, 2.45) is 0 Å². The summed E-state index contributed by atoms with van der Waals surface area (Å²) in [6.45, 7) is 3.61. The second kappa shape index (κ2) is 6.33. The van der Waals surface area contributed by atoms with E-state index in [-0.39, 0.29) is 18.2 Å². The van der Waals surface area contributed by atoms with Crippen LogP contribution in [0.4, 0.5) is 5.69 Å². The van der Waals surface area contributed by atoms with Crippen molar-refractivity contribution in [3.63, 3.8) is 0 Å². The van der Waals surface area contributed by atoms with Gasteiger partial charge in [-0.25, -0.2) is 9.78 Å². The molecule has 0 saturated heterocycles. The molecule has 2 aromatic carbocycles. The second-order valence-electron chi connectivity index (χ2n) is 4.90. The van der Waals surface area contributed by atoms with Crippen LogP contribution in [0.2, 0.25) is 0 Å². The fourth-order valence-electron chi connectivity index (χ4n) is 2.15. The number of ether oxygens (including phenoxy) is 1. The number of nitro groups is 1. The predicted molar refractivity (Wildman–Crippen MR) is 86.6 cm³/mol. The van der Waals surface area contributed by atoms with E-state index in [0.717, 1.165) is 0 Å². The van der Waals surface area contributed by atoms with Gasteiger partial charge < -0.3 is 9.15 Å². The fourth-order valence-corrected chi connectivity index (χ4v) is 2.15. The summed E-state index contributed by atoms with van der Waals surface area (Å²) in [5.41, 5.74) is 1.64. The van der Waals surface area contributed by atoms with Crippen LogP contribution in [0.1, 0.15) is 10.4 Å². The number of carbonyl (C=O) groups is 1. The van der Waals surface area contributed by atoms with Gasteiger partial charge in [0.05, 0.1) is 16.6 Å². The Morgan fingerprint density at radius 1 is 1.33 bits per heavy atom. The Morgan fingerprint density at radius 3 is 2.92 bits per heavy atom. The molecular formula is C17H12N2O5. The van der Waals surface area contributed by atoms with Crippen molar-refractivity contribution in [3.05, 3.63) is 70.8 Å². The van der Waals surface area contributed by atoms with Crippen LogP contribution in [0, 0.1) is 10.1 Å². The molecule has 0 unspecified atom stereocenters. The Morgan fingerprint density at radius 2 is 2.17 bits per heavy atom. The molecule has 0 aliphatic carbocycles. The average molecular weight is 324 g/mol. The van der Waals surface area contributed by atoms with Gasteiger partial charge in [-0.1, -0.05) is 18.7 Å². The van der Waals surface area contributed by atoms with Crippen LogP contribution in [0.3, 0.4) is 0 Å². The van der Waals surface area contributed by atoms with Crippen LogP contribution in [0.5, 0.6) is 0 Å². The summed E-state index contributed by atoms with van der Waals surface area (Å²) < 4.78 is 10.6. The summed E-state index contributed by atoms with van der Waals surface area (Å²) in [5, 5.41) is 10.8. The monoisotopic (exact) mass is 324 g/mol. The van der Waals surface area contributed by atoms with Crippen LogP contribution in [0.25, 0.3) is 22.6 Å². The van der Waals surface area contributed by atoms with Gasteiger partial charge in [-0.05, 0) is 24.3 Å².